The molecule has 1 aromatic heterocycles. The quantitative estimate of drug-likeness (QED) is 0.869. The van der Waals surface area contributed by atoms with Gasteiger partial charge >= 0.3 is 6.09 Å². The number of rotatable bonds is 5. The van der Waals surface area contributed by atoms with Gasteiger partial charge in [-0.2, -0.15) is 0 Å². The lowest BCUT2D eigenvalue weighted by Crippen LogP contribution is -2.31. The number of ether oxygens (including phenoxy) is 1. The Morgan fingerprint density at radius 2 is 2.10 bits per heavy atom. The van der Waals surface area contributed by atoms with Crippen molar-refractivity contribution in [3.63, 3.8) is 0 Å². The Balaban J connectivity index is 1.91. The molecular weight excluding hydrogens is 336 g/mol. The molecule has 0 unspecified atom stereocenters. The van der Waals surface area contributed by atoms with Gasteiger partial charge in [-0.25, -0.2) is 4.79 Å². The van der Waals surface area contributed by atoms with E-state index in [9.17, 15) is 9.90 Å². The smallest absolute Gasteiger partial charge is 0.408 e. The molecule has 1 aromatic carbocycles. The first-order valence-electron chi connectivity index (χ1n) is 6.37. The molecule has 110 valence electrons. The van der Waals surface area contributed by atoms with Gasteiger partial charge in [0.2, 0.25) is 0 Å². The lowest BCUT2D eigenvalue weighted by atomic mass is 10.1. The average Bonchev–Trinajstić information content (AvgIpc) is 2.51. The van der Waals surface area contributed by atoms with Gasteiger partial charge < -0.3 is 15.2 Å². The van der Waals surface area contributed by atoms with Gasteiger partial charge in [-0.15, -0.1) is 0 Å². The molecule has 21 heavy (non-hydrogen) atoms. The van der Waals surface area contributed by atoms with Crippen molar-refractivity contribution in [1.82, 2.24) is 10.3 Å². The molecule has 0 aliphatic rings. The summed E-state index contributed by atoms with van der Waals surface area (Å²) < 4.78 is 5.89. The highest BCUT2D eigenvalue weighted by molar-refractivity contribution is 9.10. The van der Waals surface area contributed by atoms with E-state index in [4.69, 9.17) is 4.74 Å². The molecule has 5 nitrogen and oxygen atoms in total. The maximum absolute atomic E-state index is 11.8. The van der Waals surface area contributed by atoms with E-state index in [0.29, 0.717) is 5.56 Å². The number of nitrogens with one attached hydrogen (secondary N) is 1. The number of halogens is 1. The molecule has 0 aliphatic heterocycles. The van der Waals surface area contributed by atoms with Crippen molar-refractivity contribution >= 4 is 22.0 Å². The maximum atomic E-state index is 11.8. The second-order valence-electron chi connectivity index (χ2n) is 4.38. The van der Waals surface area contributed by atoms with Crippen LogP contribution in [0.1, 0.15) is 17.2 Å². The third-order valence-corrected chi connectivity index (χ3v) is 3.25. The van der Waals surface area contributed by atoms with Crippen LogP contribution in [-0.4, -0.2) is 22.8 Å². The number of aliphatic hydroxyl groups is 1. The van der Waals surface area contributed by atoms with Gasteiger partial charge in [-0.05, 0) is 33.1 Å². The Labute approximate surface area is 131 Å². The van der Waals surface area contributed by atoms with Crippen LogP contribution >= 0.6 is 15.9 Å². The van der Waals surface area contributed by atoms with Crippen LogP contribution in [0.3, 0.4) is 0 Å². The Kier molecular flexibility index (Phi) is 5.71. The third kappa shape index (κ3) is 4.84. The molecule has 6 heteroatoms. The molecule has 0 spiro atoms. The number of carbonyl (C=O) groups is 1. The lowest BCUT2D eigenvalue weighted by molar-refractivity contribution is 0.129. The van der Waals surface area contributed by atoms with Crippen molar-refractivity contribution in [1.29, 1.82) is 0 Å². The van der Waals surface area contributed by atoms with Crippen LogP contribution in [0.25, 0.3) is 0 Å². The lowest BCUT2D eigenvalue weighted by Gasteiger charge is -2.16. The zero-order valence-electron chi connectivity index (χ0n) is 11.2. The number of alkyl carbamates (subject to hydrolysis) is 1. The Hall–Kier alpha value is -1.92. The molecule has 0 saturated carbocycles. The summed E-state index contributed by atoms with van der Waals surface area (Å²) in [6, 6.07) is 10.6. The summed E-state index contributed by atoms with van der Waals surface area (Å²) in [5.74, 6) is 0. The number of hydrogen-bond acceptors (Lipinski definition) is 4. The van der Waals surface area contributed by atoms with Crippen molar-refractivity contribution < 1.29 is 14.6 Å². The van der Waals surface area contributed by atoms with Crippen LogP contribution < -0.4 is 5.32 Å². The summed E-state index contributed by atoms with van der Waals surface area (Å²) in [6.07, 6.45) is 2.63. The van der Waals surface area contributed by atoms with Gasteiger partial charge in [0.05, 0.1) is 12.6 Å². The van der Waals surface area contributed by atoms with Crippen molar-refractivity contribution in [2.45, 2.75) is 12.6 Å². The summed E-state index contributed by atoms with van der Waals surface area (Å²) in [5, 5.41) is 12.0. The van der Waals surface area contributed by atoms with E-state index in [1.807, 2.05) is 30.3 Å². The van der Waals surface area contributed by atoms with Crippen LogP contribution in [0.2, 0.25) is 0 Å². The van der Waals surface area contributed by atoms with E-state index < -0.39 is 12.1 Å². The SMILES string of the molecule is O=C(N[C@H](CO)c1cncc(Br)c1)OCc1ccccc1. The minimum Gasteiger partial charge on any atom is -0.445 e. The number of benzene rings is 1. The predicted octanol–water partition coefficient (Wildman–Crippen LogP) is 2.80. The summed E-state index contributed by atoms with van der Waals surface area (Å²) in [5.41, 5.74) is 1.60. The highest BCUT2D eigenvalue weighted by atomic mass is 79.9. The van der Waals surface area contributed by atoms with Crippen LogP contribution in [0.15, 0.2) is 53.3 Å². The molecular formula is C15H15BrN2O3. The van der Waals surface area contributed by atoms with Crippen LogP contribution in [0, 0.1) is 0 Å². The molecule has 2 rings (SSSR count). The number of amides is 1. The van der Waals surface area contributed by atoms with Gasteiger partial charge in [0, 0.05) is 16.9 Å². The average molecular weight is 351 g/mol. The number of carbonyl (C=O) groups excluding carboxylic acids is 1. The van der Waals surface area contributed by atoms with Crippen LogP contribution in [0.4, 0.5) is 4.79 Å². The van der Waals surface area contributed by atoms with E-state index in [2.05, 4.69) is 26.2 Å². The molecule has 0 fully saturated rings. The molecule has 2 N–H and O–H groups in total. The molecule has 0 saturated heterocycles. The van der Waals surface area contributed by atoms with E-state index in [1.54, 1.807) is 18.5 Å². The van der Waals surface area contributed by atoms with Gasteiger partial charge in [0.15, 0.2) is 0 Å². The Morgan fingerprint density at radius 1 is 1.33 bits per heavy atom. The number of aliphatic hydroxyl groups excluding tert-OH is 1. The minimum absolute atomic E-state index is 0.182. The van der Waals surface area contributed by atoms with E-state index >= 15 is 0 Å². The Bertz CT molecular complexity index is 592. The van der Waals surface area contributed by atoms with E-state index in [-0.39, 0.29) is 13.2 Å². The third-order valence-electron chi connectivity index (χ3n) is 2.82. The van der Waals surface area contributed by atoms with E-state index in [0.717, 1.165) is 10.0 Å². The standard InChI is InChI=1S/C15H15BrN2O3/c16-13-6-12(7-17-8-13)14(9-19)18-15(20)21-10-11-4-2-1-3-5-11/h1-8,14,19H,9-10H2,(H,18,20)/t14-/m1/s1. The van der Waals surface area contributed by atoms with Gasteiger partial charge in [0.25, 0.3) is 0 Å². The number of aromatic nitrogens is 1. The highest BCUT2D eigenvalue weighted by Gasteiger charge is 2.15. The molecule has 0 bridgehead atoms. The fourth-order valence-electron chi connectivity index (χ4n) is 1.76. The highest BCUT2D eigenvalue weighted by Crippen LogP contribution is 2.16. The first-order chi connectivity index (χ1) is 10.2. The fourth-order valence-corrected chi connectivity index (χ4v) is 2.14. The van der Waals surface area contributed by atoms with Gasteiger partial charge in [-0.3, -0.25) is 4.98 Å². The summed E-state index contributed by atoms with van der Waals surface area (Å²) in [6.45, 7) is -0.0554. The molecule has 0 radical (unpaired) electrons. The second kappa shape index (κ2) is 7.75. The van der Waals surface area contributed by atoms with E-state index in [1.165, 1.54) is 0 Å². The Morgan fingerprint density at radius 3 is 2.76 bits per heavy atom. The van der Waals surface area contributed by atoms with Crippen molar-refractivity contribution in [2.24, 2.45) is 0 Å². The van der Waals surface area contributed by atoms with Crippen molar-refractivity contribution in [3.05, 3.63) is 64.4 Å². The van der Waals surface area contributed by atoms with Gasteiger partial charge in [0.1, 0.15) is 6.61 Å². The first kappa shape index (κ1) is 15.5. The monoisotopic (exact) mass is 350 g/mol. The largest absolute Gasteiger partial charge is 0.445 e. The molecule has 2 aromatic rings. The zero-order valence-corrected chi connectivity index (χ0v) is 12.8. The maximum Gasteiger partial charge on any atom is 0.408 e. The summed E-state index contributed by atoms with van der Waals surface area (Å²) >= 11 is 3.30. The molecule has 0 aliphatic carbocycles. The molecule has 1 amide bonds. The van der Waals surface area contributed by atoms with Crippen molar-refractivity contribution in [3.8, 4) is 0 Å². The van der Waals surface area contributed by atoms with Crippen LogP contribution in [-0.2, 0) is 11.3 Å². The molecule has 1 heterocycles. The topological polar surface area (TPSA) is 71.5 Å². The summed E-state index contributed by atoms with van der Waals surface area (Å²) in [7, 11) is 0. The minimum atomic E-state index is -0.585. The number of nitrogens with zero attached hydrogens (tertiary/aromatic N) is 1. The van der Waals surface area contributed by atoms with Crippen LogP contribution in [0.5, 0.6) is 0 Å². The summed E-state index contributed by atoms with van der Waals surface area (Å²) in [4.78, 5) is 15.8. The van der Waals surface area contributed by atoms with Crippen molar-refractivity contribution in [2.75, 3.05) is 6.61 Å². The number of pyridine rings is 1. The normalized spacial score (nSPS) is 11.7. The second-order valence-corrected chi connectivity index (χ2v) is 5.29. The molecule has 1 atom stereocenters. The fraction of sp³-hybridized carbons (Fsp3) is 0.200. The van der Waals surface area contributed by atoms with Gasteiger partial charge in [-0.1, -0.05) is 30.3 Å². The number of hydrogen-bond donors (Lipinski definition) is 2. The predicted molar refractivity (Wildman–Crippen MR) is 81.5 cm³/mol. The zero-order chi connectivity index (χ0) is 15.1. The first-order valence-corrected chi connectivity index (χ1v) is 7.17.